The first-order valence-electron chi connectivity index (χ1n) is 8.00. The summed E-state index contributed by atoms with van der Waals surface area (Å²) in [5, 5.41) is 5.22. The summed E-state index contributed by atoms with van der Waals surface area (Å²) in [4.78, 5) is 25.9. The molecule has 0 saturated carbocycles. The summed E-state index contributed by atoms with van der Waals surface area (Å²) < 4.78 is 13.5. The molecule has 1 atom stereocenters. The van der Waals surface area contributed by atoms with E-state index in [0.717, 1.165) is 5.56 Å². The molecule has 0 aliphatic carbocycles. The Balaban J connectivity index is 1.85. The van der Waals surface area contributed by atoms with Crippen LogP contribution in [0.1, 0.15) is 22.0 Å². The van der Waals surface area contributed by atoms with Crippen LogP contribution in [0.3, 0.4) is 0 Å². The quantitative estimate of drug-likeness (QED) is 0.808. The van der Waals surface area contributed by atoms with E-state index in [0.29, 0.717) is 6.54 Å². The second-order valence-electron chi connectivity index (χ2n) is 5.86. The average molecular weight is 343 g/mol. The molecule has 0 fully saturated rings. The van der Waals surface area contributed by atoms with Crippen LogP contribution < -0.4 is 10.6 Å². The van der Waals surface area contributed by atoms with Crippen molar-refractivity contribution in [3.05, 3.63) is 71.5 Å². The number of amides is 2. The number of benzene rings is 2. The number of carbonyl (C=O) groups excluding carboxylic acids is 2. The lowest BCUT2D eigenvalue weighted by Gasteiger charge is -2.25. The van der Waals surface area contributed by atoms with E-state index in [4.69, 9.17) is 0 Å². The van der Waals surface area contributed by atoms with E-state index >= 15 is 0 Å². The maximum absolute atomic E-state index is 13.5. The third-order valence-corrected chi connectivity index (χ3v) is 3.83. The molecule has 0 aliphatic heterocycles. The predicted octanol–water partition coefficient (Wildman–Crippen LogP) is 1.97. The lowest BCUT2D eigenvalue weighted by molar-refractivity contribution is -0.120. The molecule has 0 bridgehead atoms. The standard InChI is InChI=1S/C19H22FN3O2/c1-23(2)17(14-8-4-3-5-9-14)12-21-18(24)13-22-19(25)15-10-6-7-11-16(15)20/h3-11,17H,12-13H2,1-2H3,(H,21,24)(H,22,25). The number of halogens is 1. The van der Waals surface area contributed by atoms with Crippen LogP contribution in [0.15, 0.2) is 54.6 Å². The van der Waals surface area contributed by atoms with Crippen LogP contribution in [0.5, 0.6) is 0 Å². The Kier molecular flexibility index (Phi) is 6.65. The summed E-state index contributed by atoms with van der Waals surface area (Å²) in [6.07, 6.45) is 0. The van der Waals surface area contributed by atoms with Gasteiger partial charge < -0.3 is 15.5 Å². The molecular weight excluding hydrogens is 321 g/mol. The van der Waals surface area contributed by atoms with E-state index < -0.39 is 11.7 Å². The van der Waals surface area contributed by atoms with Gasteiger partial charge in [-0.2, -0.15) is 0 Å². The molecule has 0 radical (unpaired) electrons. The molecule has 0 spiro atoms. The monoisotopic (exact) mass is 343 g/mol. The highest BCUT2D eigenvalue weighted by Gasteiger charge is 2.16. The molecule has 0 heterocycles. The molecule has 0 saturated heterocycles. The zero-order chi connectivity index (χ0) is 18.2. The van der Waals surface area contributed by atoms with Crippen molar-refractivity contribution in [1.82, 2.24) is 15.5 Å². The van der Waals surface area contributed by atoms with Crippen LogP contribution in [0.25, 0.3) is 0 Å². The fourth-order valence-corrected chi connectivity index (χ4v) is 2.45. The summed E-state index contributed by atoms with van der Waals surface area (Å²) >= 11 is 0. The molecule has 2 aromatic carbocycles. The smallest absolute Gasteiger partial charge is 0.254 e. The van der Waals surface area contributed by atoms with Gasteiger partial charge >= 0.3 is 0 Å². The van der Waals surface area contributed by atoms with E-state index in [1.165, 1.54) is 18.2 Å². The maximum atomic E-state index is 13.5. The molecule has 5 nitrogen and oxygen atoms in total. The molecule has 132 valence electrons. The lowest BCUT2D eigenvalue weighted by Crippen LogP contribution is -2.40. The van der Waals surface area contributed by atoms with Gasteiger partial charge in [-0.05, 0) is 31.8 Å². The fraction of sp³-hybridized carbons (Fsp3) is 0.263. The minimum absolute atomic E-state index is 0.0208. The van der Waals surface area contributed by atoms with Gasteiger partial charge in [-0.25, -0.2) is 4.39 Å². The van der Waals surface area contributed by atoms with Gasteiger partial charge in [0, 0.05) is 6.54 Å². The highest BCUT2D eigenvalue weighted by Crippen LogP contribution is 2.16. The number of nitrogens with zero attached hydrogens (tertiary/aromatic N) is 1. The Labute approximate surface area is 146 Å². The first kappa shape index (κ1) is 18.6. The van der Waals surface area contributed by atoms with E-state index in [1.54, 1.807) is 6.07 Å². The van der Waals surface area contributed by atoms with Gasteiger partial charge in [-0.3, -0.25) is 9.59 Å². The van der Waals surface area contributed by atoms with Crippen molar-refractivity contribution >= 4 is 11.8 Å². The Hall–Kier alpha value is -2.73. The Morgan fingerprint density at radius 3 is 2.28 bits per heavy atom. The van der Waals surface area contributed by atoms with Crippen LogP contribution in [0.2, 0.25) is 0 Å². The summed E-state index contributed by atoms with van der Waals surface area (Å²) in [6, 6.07) is 15.5. The minimum Gasteiger partial charge on any atom is -0.353 e. The topological polar surface area (TPSA) is 61.4 Å². The van der Waals surface area contributed by atoms with Crippen molar-refractivity contribution in [3.63, 3.8) is 0 Å². The van der Waals surface area contributed by atoms with E-state index in [-0.39, 0.29) is 24.1 Å². The van der Waals surface area contributed by atoms with Crippen molar-refractivity contribution < 1.29 is 14.0 Å². The maximum Gasteiger partial charge on any atom is 0.254 e. The van der Waals surface area contributed by atoms with Gasteiger partial charge in [0.05, 0.1) is 18.2 Å². The Bertz CT molecular complexity index is 720. The molecule has 1 unspecified atom stereocenters. The van der Waals surface area contributed by atoms with Crippen LogP contribution in [-0.2, 0) is 4.79 Å². The molecular formula is C19H22FN3O2. The van der Waals surface area contributed by atoms with Crippen LogP contribution in [0, 0.1) is 5.82 Å². The van der Waals surface area contributed by atoms with Gasteiger partial charge in [-0.15, -0.1) is 0 Å². The van der Waals surface area contributed by atoms with E-state index in [2.05, 4.69) is 10.6 Å². The van der Waals surface area contributed by atoms with Crippen LogP contribution in [-0.4, -0.2) is 43.9 Å². The van der Waals surface area contributed by atoms with Crippen LogP contribution >= 0.6 is 0 Å². The third-order valence-electron chi connectivity index (χ3n) is 3.83. The van der Waals surface area contributed by atoms with Crippen molar-refractivity contribution in [2.45, 2.75) is 6.04 Å². The normalized spacial score (nSPS) is 11.8. The molecule has 25 heavy (non-hydrogen) atoms. The molecule has 2 N–H and O–H groups in total. The lowest BCUT2D eigenvalue weighted by atomic mass is 10.1. The van der Waals surface area contributed by atoms with Gasteiger partial charge in [0.25, 0.3) is 5.91 Å². The number of nitrogens with one attached hydrogen (secondary N) is 2. The summed E-state index contributed by atoms with van der Waals surface area (Å²) in [7, 11) is 3.87. The molecule has 2 amide bonds. The van der Waals surface area contributed by atoms with Gasteiger partial charge in [0.1, 0.15) is 5.82 Å². The molecule has 2 aromatic rings. The van der Waals surface area contributed by atoms with Crippen molar-refractivity contribution in [2.24, 2.45) is 0 Å². The molecule has 0 aromatic heterocycles. The highest BCUT2D eigenvalue weighted by atomic mass is 19.1. The van der Waals surface area contributed by atoms with Crippen LogP contribution in [0.4, 0.5) is 4.39 Å². The molecule has 2 rings (SSSR count). The highest BCUT2D eigenvalue weighted by molar-refractivity contribution is 5.96. The van der Waals surface area contributed by atoms with Gasteiger partial charge in [-0.1, -0.05) is 42.5 Å². The van der Waals surface area contributed by atoms with Gasteiger partial charge in [0.2, 0.25) is 5.91 Å². The summed E-state index contributed by atoms with van der Waals surface area (Å²) in [5.74, 6) is -1.55. The summed E-state index contributed by atoms with van der Waals surface area (Å²) in [6.45, 7) is 0.202. The molecule has 6 heteroatoms. The largest absolute Gasteiger partial charge is 0.353 e. The van der Waals surface area contributed by atoms with Crippen molar-refractivity contribution in [3.8, 4) is 0 Å². The zero-order valence-electron chi connectivity index (χ0n) is 14.3. The van der Waals surface area contributed by atoms with Crippen molar-refractivity contribution in [1.29, 1.82) is 0 Å². The average Bonchev–Trinajstić information content (AvgIpc) is 2.61. The minimum atomic E-state index is -0.614. The number of likely N-dealkylation sites (N-methyl/N-ethyl adjacent to an activating group) is 1. The first-order valence-corrected chi connectivity index (χ1v) is 8.00. The second-order valence-corrected chi connectivity index (χ2v) is 5.86. The van der Waals surface area contributed by atoms with E-state index in [1.807, 2.05) is 49.3 Å². The first-order chi connectivity index (χ1) is 12.0. The number of hydrogen-bond acceptors (Lipinski definition) is 3. The Morgan fingerprint density at radius 1 is 1.00 bits per heavy atom. The number of rotatable bonds is 7. The second kappa shape index (κ2) is 8.94. The molecule has 0 aliphatic rings. The van der Waals surface area contributed by atoms with Gasteiger partial charge in [0.15, 0.2) is 0 Å². The third kappa shape index (κ3) is 5.39. The Morgan fingerprint density at radius 2 is 1.64 bits per heavy atom. The zero-order valence-corrected chi connectivity index (χ0v) is 14.3. The predicted molar refractivity (Wildman–Crippen MR) is 94.6 cm³/mol. The van der Waals surface area contributed by atoms with Crippen molar-refractivity contribution in [2.75, 3.05) is 27.2 Å². The number of carbonyl (C=O) groups is 2. The fourth-order valence-electron chi connectivity index (χ4n) is 2.45. The van der Waals surface area contributed by atoms with E-state index in [9.17, 15) is 14.0 Å². The number of hydrogen-bond donors (Lipinski definition) is 2. The summed E-state index contributed by atoms with van der Waals surface area (Å²) in [5.41, 5.74) is 1.01. The SMILES string of the molecule is CN(C)C(CNC(=O)CNC(=O)c1ccccc1F)c1ccccc1.